The standard InChI is InChI=1S/C13H15N3O5S/c1-3-21-13(20)9-6(2)8-10(14-5-15-11(8)22-9)16-7(4-17)12(18)19/h5,7,17H,3-4H2,1-2H3,(H,18,19)(H,14,15,16). The van der Waals surface area contributed by atoms with Gasteiger partial charge in [0.15, 0.2) is 0 Å². The first-order valence-corrected chi connectivity index (χ1v) is 7.32. The van der Waals surface area contributed by atoms with Crippen molar-refractivity contribution < 1.29 is 24.5 Å². The Morgan fingerprint density at radius 2 is 2.18 bits per heavy atom. The zero-order valence-corrected chi connectivity index (χ0v) is 12.8. The van der Waals surface area contributed by atoms with Crippen LogP contribution in [0.2, 0.25) is 0 Å². The fourth-order valence-corrected chi connectivity index (χ4v) is 2.97. The van der Waals surface area contributed by atoms with E-state index in [1.807, 2.05) is 0 Å². The van der Waals surface area contributed by atoms with Gasteiger partial charge in [-0.2, -0.15) is 0 Å². The third-order valence-corrected chi connectivity index (χ3v) is 4.16. The maximum absolute atomic E-state index is 11.9. The second kappa shape index (κ2) is 6.67. The van der Waals surface area contributed by atoms with Crippen LogP contribution in [-0.4, -0.2) is 51.4 Å². The lowest BCUT2D eigenvalue weighted by atomic mass is 10.2. The second-order valence-corrected chi connectivity index (χ2v) is 5.40. The van der Waals surface area contributed by atoms with Gasteiger partial charge in [0, 0.05) is 0 Å². The number of aromatic nitrogens is 2. The number of rotatable bonds is 6. The summed E-state index contributed by atoms with van der Waals surface area (Å²) in [5.41, 5.74) is 0.614. The average Bonchev–Trinajstić information content (AvgIpc) is 2.83. The molecule has 2 aromatic rings. The van der Waals surface area contributed by atoms with E-state index in [0.29, 0.717) is 20.7 Å². The number of aliphatic hydroxyl groups excluding tert-OH is 1. The van der Waals surface area contributed by atoms with Crippen LogP contribution in [0.25, 0.3) is 10.2 Å². The summed E-state index contributed by atoms with van der Waals surface area (Å²) >= 11 is 1.15. The Morgan fingerprint density at radius 1 is 1.45 bits per heavy atom. The molecular weight excluding hydrogens is 310 g/mol. The molecule has 0 saturated carbocycles. The van der Waals surface area contributed by atoms with Gasteiger partial charge in [-0.1, -0.05) is 0 Å². The van der Waals surface area contributed by atoms with Crippen molar-refractivity contribution in [3.8, 4) is 0 Å². The lowest BCUT2D eigenvalue weighted by Crippen LogP contribution is -2.33. The Hall–Kier alpha value is -2.26. The lowest BCUT2D eigenvalue weighted by Gasteiger charge is -2.13. The van der Waals surface area contributed by atoms with Gasteiger partial charge in [-0.15, -0.1) is 11.3 Å². The first-order valence-electron chi connectivity index (χ1n) is 6.51. The minimum absolute atomic E-state index is 0.259. The Labute approximate surface area is 129 Å². The summed E-state index contributed by atoms with van der Waals surface area (Å²) < 4.78 is 4.99. The van der Waals surface area contributed by atoms with Gasteiger partial charge in [0.25, 0.3) is 0 Å². The molecule has 2 rings (SSSR count). The molecule has 1 atom stereocenters. The lowest BCUT2D eigenvalue weighted by molar-refractivity contribution is -0.138. The molecule has 0 amide bonds. The molecular formula is C13H15N3O5S. The molecule has 0 radical (unpaired) electrons. The van der Waals surface area contributed by atoms with E-state index in [0.717, 1.165) is 11.3 Å². The Bertz CT molecular complexity index is 715. The van der Waals surface area contributed by atoms with Crippen molar-refractivity contribution in [2.45, 2.75) is 19.9 Å². The fraction of sp³-hybridized carbons (Fsp3) is 0.385. The summed E-state index contributed by atoms with van der Waals surface area (Å²) in [6.07, 6.45) is 1.27. The number of thiophene rings is 1. The molecule has 0 saturated heterocycles. The van der Waals surface area contributed by atoms with Gasteiger partial charge >= 0.3 is 11.9 Å². The first-order chi connectivity index (χ1) is 10.5. The number of carbonyl (C=O) groups excluding carboxylic acids is 1. The quantitative estimate of drug-likeness (QED) is 0.673. The highest BCUT2D eigenvalue weighted by molar-refractivity contribution is 7.20. The third kappa shape index (κ3) is 3.00. The van der Waals surface area contributed by atoms with Crippen LogP contribution in [0.5, 0.6) is 0 Å². The molecule has 0 aliphatic heterocycles. The molecule has 0 fully saturated rings. The predicted molar refractivity (Wildman–Crippen MR) is 80.2 cm³/mol. The summed E-state index contributed by atoms with van der Waals surface area (Å²) in [6, 6.07) is -1.19. The third-order valence-electron chi connectivity index (χ3n) is 2.98. The number of carbonyl (C=O) groups is 2. The highest BCUT2D eigenvalue weighted by atomic mass is 32.1. The fourth-order valence-electron chi connectivity index (χ4n) is 1.92. The van der Waals surface area contributed by atoms with Crippen LogP contribution in [-0.2, 0) is 9.53 Å². The number of nitrogens with zero attached hydrogens (tertiary/aromatic N) is 2. The number of nitrogens with one attached hydrogen (secondary N) is 1. The molecule has 9 heteroatoms. The van der Waals surface area contributed by atoms with Gasteiger partial charge in [-0.25, -0.2) is 19.6 Å². The van der Waals surface area contributed by atoms with E-state index in [9.17, 15) is 9.59 Å². The van der Waals surface area contributed by atoms with Crippen molar-refractivity contribution >= 4 is 39.3 Å². The van der Waals surface area contributed by atoms with Crippen molar-refractivity contribution in [1.82, 2.24) is 9.97 Å². The number of hydrogen-bond donors (Lipinski definition) is 3. The number of aliphatic hydroxyl groups is 1. The first kappa shape index (κ1) is 16.1. The highest BCUT2D eigenvalue weighted by Gasteiger charge is 2.23. The monoisotopic (exact) mass is 325 g/mol. The summed E-state index contributed by atoms with van der Waals surface area (Å²) in [4.78, 5) is 32.0. The van der Waals surface area contributed by atoms with Crippen LogP contribution in [0, 0.1) is 6.92 Å². The largest absolute Gasteiger partial charge is 0.480 e. The van der Waals surface area contributed by atoms with Crippen LogP contribution in [0.3, 0.4) is 0 Å². The second-order valence-electron chi connectivity index (χ2n) is 4.40. The van der Waals surface area contributed by atoms with E-state index in [1.54, 1.807) is 13.8 Å². The van der Waals surface area contributed by atoms with Crippen molar-refractivity contribution in [3.63, 3.8) is 0 Å². The maximum Gasteiger partial charge on any atom is 0.348 e. The molecule has 118 valence electrons. The Morgan fingerprint density at radius 3 is 2.77 bits per heavy atom. The van der Waals surface area contributed by atoms with Gasteiger partial charge in [-0.3, -0.25) is 0 Å². The van der Waals surface area contributed by atoms with E-state index in [2.05, 4.69) is 15.3 Å². The van der Waals surface area contributed by atoms with Gasteiger partial charge in [0.1, 0.15) is 27.9 Å². The normalized spacial score (nSPS) is 12.1. The van der Waals surface area contributed by atoms with Crippen molar-refractivity contribution in [3.05, 3.63) is 16.8 Å². The average molecular weight is 325 g/mol. The topological polar surface area (TPSA) is 122 Å². The van der Waals surface area contributed by atoms with Crippen LogP contribution in [0.4, 0.5) is 5.82 Å². The minimum atomic E-state index is -1.20. The van der Waals surface area contributed by atoms with Crippen LogP contribution >= 0.6 is 11.3 Å². The van der Waals surface area contributed by atoms with Gasteiger partial charge in [0.05, 0.1) is 18.6 Å². The van der Waals surface area contributed by atoms with Crippen molar-refractivity contribution in [1.29, 1.82) is 0 Å². The van der Waals surface area contributed by atoms with Crippen molar-refractivity contribution in [2.24, 2.45) is 0 Å². The SMILES string of the molecule is CCOC(=O)c1sc2ncnc(NC(CO)C(=O)O)c2c1C. The molecule has 0 aliphatic rings. The molecule has 2 aromatic heterocycles. The smallest absolute Gasteiger partial charge is 0.348 e. The van der Waals surface area contributed by atoms with Crippen LogP contribution in [0.1, 0.15) is 22.2 Å². The molecule has 22 heavy (non-hydrogen) atoms. The van der Waals surface area contributed by atoms with Crippen molar-refractivity contribution in [2.75, 3.05) is 18.5 Å². The summed E-state index contributed by atoms with van der Waals surface area (Å²) in [7, 11) is 0. The Balaban J connectivity index is 2.48. The molecule has 0 aliphatic carbocycles. The highest BCUT2D eigenvalue weighted by Crippen LogP contribution is 2.33. The number of aryl methyl sites for hydroxylation is 1. The van der Waals surface area contributed by atoms with E-state index < -0.39 is 24.6 Å². The number of ether oxygens (including phenoxy) is 1. The number of esters is 1. The Kier molecular flexibility index (Phi) is 4.88. The van der Waals surface area contributed by atoms with Gasteiger partial charge in [0.2, 0.25) is 0 Å². The molecule has 0 bridgehead atoms. The van der Waals surface area contributed by atoms with Crippen LogP contribution < -0.4 is 5.32 Å². The number of carboxylic acid groups (broad SMARTS) is 1. The zero-order chi connectivity index (χ0) is 16.3. The number of hydrogen-bond acceptors (Lipinski definition) is 8. The molecule has 0 aromatic carbocycles. The summed E-state index contributed by atoms with van der Waals surface area (Å²) in [5, 5.41) is 21.3. The maximum atomic E-state index is 11.9. The minimum Gasteiger partial charge on any atom is -0.480 e. The molecule has 0 spiro atoms. The van der Waals surface area contributed by atoms with Crippen LogP contribution in [0.15, 0.2) is 6.33 Å². The zero-order valence-electron chi connectivity index (χ0n) is 12.0. The number of anilines is 1. The van der Waals surface area contributed by atoms with E-state index in [4.69, 9.17) is 14.9 Å². The van der Waals surface area contributed by atoms with E-state index in [-0.39, 0.29) is 12.4 Å². The number of carboxylic acids is 1. The molecule has 1 unspecified atom stereocenters. The summed E-state index contributed by atoms with van der Waals surface area (Å²) in [6.45, 7) is 3.10. The molecule has 8 nitrogen and oxygen atoms in total. The molecule has 2 heterocycles. The van der Waals surface area contributed by atoms with E-state index in [1.165, 1.54) is 6.33 Å². The van der Waals surface area contributed by atoms with Gasteiger partial charge < -0.3 is 20.3 Å². The van der Waals surface area contributed by atoms with E-state index >= 15 is 0 Å². The number of aliphatic carboxylic acids is 1. The predicted octanol–water partition coefficient (Wildman–Crippen LogP) is 1.03. The molecule has 3 N–H and O–H groups in total. The van der Waals surface area contributed by atoms with Gasteiger partial charge in [-0.05, 0) is 19.4 Å². The summed E-state index contributed by atoms with van der Waals surface area (Å²) in [5.74, 6) is -1.39. The number of fused-ring (bicyclic) bond motifs is 1.